The van der Waals surface area contributed by atoms with E-state index in [9.17, 15) is 4.79 Å². The smallest absolute Gasteiger partial charge is 0.311 e. The van der Waals surface area contributed by atoms with Gasteiger partial charge in [-0.3, -0.25) is 4.79 Å². The molecule has 1 aliphatic rings. The van der Waals surface area contributed by atoms with E-state index in [0.29, 0.717) is 23.7 Å². The number of benzene rings is 2. The predicted molar refractivity (Wildman–Crippen MR) is 88.8 cm³/mol. The Balaban J connectivity index is 1.62. The summed E-state index contributed by atoms with van der Waals surface area (Å²) < 4.78 is 5.42. The van der Waals surface area contributed by atoms with Crippen LogP contribution in [0.4, 0.5) is 0 Å². The summed E-state index contributed by atoms with van der Waals surface area (Å²) >= 11 is 0. The van der Waals surface area contributed by atoms with Crippen LogP contribution in [0.1, 0.15) is 37.7 Å². The molecule has 1 aliphatic carbocycles. The average molecular weight is 305 g/mol. The fraction of sp³-hybridized carbons (Fsp3) is 0.300. The zero-order chi connectivity index (χ0) is 16.1. The van der Waals surface area contributed by atoms with Crippen molar-refractivity contribution in [1.29, 1.82) is 5.26 Å². The Morgan fingerprint density at radius 2 is 1.57 bits per heavy atom. The summed E-state index contributed by atoms with van der Waals surface area (Å²) in [5.41, 5.74) is 2.71. The molecular weight excluding hydrogens is 286 g/mol. The van der Waals surface area contributed by atoms with Gasteiger partial charge in [0.15, 0.2) is 0 Å². The van der Waals surface area contributed by atoms with Gasteiger partial charge in [0.25, 0.3) is 0 Å². The molecule has 116 valence electrons. The molecule has 0 aromatic heterocycles. The van der Waals surface area contributed by atoms with E-state index in [1.54, 1.807) is 12.1 Å². The van der Waals surface area contributed by atoms with E-state index in [4.69, 9.17) is 10.00 Å². The molecule has 23 heavy (non-hydrogen) atoms. The molecule has 3 nitrogen and oxygen atoms in total. The van der Waals surface area contributed by atoms with Crippen LogP contribution in [0.3, 0.4) is 0 Å². The van der Waals surface area contributed by atoms with Crippen LogP contribution >= 0.6 is 0 Å². The standard InChI is InChI=1S/C20H19NO2/c21-14-16-5-7-17(8-6-16)18-9-11-19(12-10-18)23-20(22)13-15-3-1-2-4-15/h5-12,15H,1-4,13H2. The van der Waals surface area contributed by atoms with Crippen molar-refractivity contribution in [2.45, 2.75) is 32.1 Å². The van der Waals surface area contributed by atoms with Gasteiger partial charge in [0.1, 0.15) is 5.75 Å². The molecule has 0 atom stereocenters. The Kier molecular flexibility index (Phi) is 4.73. The number of rotatable bonds is 4. The number of nitrogens with zero attached hydrogens (tertiary/aromatic N) is 1. The molecule has 0 aliphatic heterocycles. The lowest BCUT2D eigenvalue weighted by Crippen LogP contribution is -2.12. The topological polar surface area (TPSA) is 50.1 Å². The van der Waals surface area contributed by atoms with E-state index in [1.807, 2.05) is 36.4 Å². The summed E-state index contributed by atoms with van der Waals surface area (Å²) in [5.74, 6) is 0.953. The largest absolute Gasteiger partial charge is 0.427 e. The molecule has 2 aromatic rings. The van der Waals surface area contributed by atoms with Crippen LogP contribution in [0, 0.1) is 17.2 Å². The first kappa shape index (κ1) is 15.3. The van der Waals surface area contributed by atoms with Crippen LogP contribution in [0.25, 0.3) is 11.1 Å². The maximum Gasteiger partial charge on any atom is 0.311 e. The van der Waals surface area contributed by atoms with Crippen molar-refractivity contribution in [2.24, 2.45) is 5.92 Å². The Hall–Kier alpha value is -2.60. The minimum atomic E-state index is -0.136. The average Bonchev–Trinajstić information content (AvgIpc) is 3.08. The van der Waals surface area contributed by atoms with Crippen molar-refractivity contribution in [3.05, 3.63) is 54.1 Å². The molecule has 0 heterocycles. The second-order valence-electron chi connectivity index (χ2n) is 6.04. The maximum absolute atomic E-state index is 11.9. The fourth-order valence-electron chi connectivity index (χ4n) is 3.08. The van der Waals surface area contributed by atoms with Crippen molar-refractivity contribution in [3.8, 4) is 22.9 Å². The molecule has 0 amide bonds. The molecule has 2 aromatic carbocycles. The first-order valence-electron chi connectivity index (χ1n) is 8.06. The maximum atomic E-state index is 11.9. The van der Waals surface area contributed by atoms with Crippen molar-refractivity contribution in [3.63, 3.8) is 0 Å². The molecule has 1 saturated carbocycles. The molecule has 0 saturated heterocycles. The number of hydrogen-bond donors (Lipinski definition) is 0. The number of hydrogen-bond acceptors (Lipinski definition) is 3. The Labute approximate surface area is 136 Å². The Bertz CT molecular complexity index is 705. The third-order valence-corrected chi connectivity index (χ3v) is 4.36. The van der Waals surface area contributed by atoms with E-state index < -0.39 is 0 Å². The van der Waals surface area contributed by atoms with E-state index in [1.165, 1.54) is 12.8 Å². The summed E-state index contributed by atoms with van der Waals surface area (Å²) in [6, 6.07) is 17.0. The summed E-state index contributed by atoms with van der Waals surface area (Å²) in [5, 5.41) is 8.82. The van der Waals surface area contributed by atoms with Gasteiger partial charge in [0.05, 0.1) is 11.6 Å². The van der Waals surface area contributed by atoms with E-state index in [2.05, 4.69) is 6.07 Å². The lowest BCUT2D eigenvalue weighted by molar-refractivity contribution is -0.135. The monoisotopic (exact) mass is 305 g/mol. The van der Waals surface area contributed by atoms with Gasteiger partial charge < -0.3 is 4.74 Å². The minimum absolute atomic E-state index is 0.136. The van der Waals surface area contributed by atoms with Gasteiger partial charge >= 0.3 is 5.97 Å². The lowest BCUT2D eigenvalue weighted by Gasteiger charge is -2.09. The van der Waals surface area contributed by atoms with Crippen molar-refractivity contribution in [1.82, 2.24) is 0 Å². The van der Waals surface area contributed by atoms with Crippen molar-refractivity contribution in [2.75, 3.05) is 0 Å². The molecule has 0 unspecified atom stereocenters. The van der Waals surface area contributed by atoms with Gasteiger partial charge in [0, 0.05) is 6.42 Å². The molecule has 0 radical (unpaired) electrons. The zero-order valence-corrected chi connectivity index (χ0v) is 13.0. The molecule has 3 rings (SSSR count). The summed E-state index contributed by atoms with van der Waals surface area (Å²) in [6.45, 7) is 0. The molecular formula is C20H19NO2. The first-order valence-corrected chi connectivity index (χ1v) is 8.06. The SMILES string of the molecule is N#Cc1ccc(-c2ccc(OC(=O)CC3CCCC3)cc2)cc1. The Morgan fingerprint density at radius 1 is 1.00 bits per heavy atom. The summed E-state index contributed by atoms with van der Waals surface area (Å²) in [4.78, 5) is 11.9. The van der Waals surface area contributed by atoms with Crippen LogP contribution in [-0.2, 0) is 4.79 Å². The number of nitriles is 1. The molecule has 3 heteroatoms. The van der Waals surface area contributed by atoms with Crippen LogP contribution in [0.2, 0.25) is 0 Å². The third-order valence-electron chi connectivity index (χ3n) is 4.36. The van der Waals surface area contributed by atoms with E-state index in [-0.39, 0.29) is 5.97 Å². The van der Waals surface area contributed by atoms with Crippen LogP contribution < -0.4 is 4.74 Å². The molecule has 0 N–H and O–H groups in total. The predicted octanol–water partition coefficient (Wildman–Crippen LogP) is 4.71. The second-order valence-corrected chi connectivity index (χ2v) is 6.04. The Morgan fingerprint density at radius 3 is 2.13 bits per heavy atom. The molecule has 0 spiro atoms. The number of ether oxygens (including phenoxy) is 1. The van der Waals surface area contributed by atoms with Gasteiger partial charge in [-0.1, -0.05) is 37.1 Å². The van der Waals surface area contributed by atoms with Gasteiger partial charge in [-0.2, -0.15) is 5.26 Å². The third kappa shape index (κ3) is 3.98. The number of carbonyl (C=O) groups is 1. The highest BCUT2D eigenvalue weighted by Gasteiger charge is 2.19. The highest BCUT2D eigenvalue weighted by molar-refractivity contribution is 5.73. The minimum Gasteiger partial charge on any atom is -0.427 e. The second kappa shape index (κ2) is 7.11. The number of esters is 1. The summed E-state index contributed by atoms with van der Waals surface area (Å²) in [7, 11) is 0. The first-order chi connectivity index (χ1) is 11.2. The lowest BCUT2D eigenvalue weighted by atomic mass is 10.0. The number of carbonyl (C=O) groups excluding carboxylic acids is 1. The zero-order valence-electron chi connectivity index (χ0n) is 13.0. The molecule has 0 bridgehead atoms. The van der Waals surface area contributed by atoms with Gasteiger partial charge in [0.2, 0.25) is 0 Å². The fourth-order valence-corrected chi connectivity index (χ4v) is 3.08. The van der Waals surface area contributed by atoms with Crippen LogP contribution in [-0.4, -0.2) is 5.97 Å². The van der Waals surface area contributed by atoms with Gasteiger partial charge in [-0.25, -0.2) is 0 Å². The highest BCUT2D eigenvalue weighted by Crippen LogP contribution is 2.28. The van der Waals surface area contributed by atoms with E-state index >= 15 is 0 Å². The molecule has 1 fully saturated rings. The highest BCUT2D eigenvalue weighted by atomic mass is 16.5. The normalized spacial score (nSPS) is 14.4. The van der Waals surface area contributed by atoms with Crippen LogP contribution in [0.15, 0.2) is 48.5 Å². The van der Waals surface area contributed by atoms with Crippen LogP contribution in [0.5, 0.6) is 5.75 Å². The van der Waals surface area contributed by atoms with Crippen molar-refractivity contribution < 1.29 is 9.53 Å². The van der Waals surface area contributed by atoms with Gasteiger partial charge in [-0.05, 0) is 54.2 Å². The van der Waals surface area contributed by atoms with Gasteiger partial charge in [-0.15, -0.1) is 0 Å². The van der Waals surface area contributed by atoms with Crippen molar-refractivity contribution >= 4 is 5.97 Å². The quantitative estimate of drug-likeness (QED) is 0.607. The summed E-state index contributed by atoms with van der Waals surface area (Å²) in [6.07, 6.45) is 5.28. The van der Waals surface area contributed by atoms with E-state index in [0.717, 1.165) is 24.0 Å².